The molecule has 2 rings (SSSR count). The third-order valence-electron chi connectivity index (χ3n) is 3.32. The zero-order valence-electron chi connectivity index (χ0n) is 10.3. The fourth-order valence-electron chi connectivity index (χ4n) is 2.27. The van der Waals surface area contributed by atoms with Gasteiger partial charge < -0.3 is 5.11 Å². The van der Waals surface area contributed by atoms with Gasteiger partial charge in [-0.05, 0) is 39.5 Å². The van der Waals surface area contributed by atoms with Crippen LogP contribution in [0.15, 0.2) is 35.1 Å². The van der Waals surface area contributed by atoms with Crippen LogP contribution in [0.1, 0.15) is 39.5 Å². The topological polar surface area (TPSA) is 37.3 Å². The lowest BCUT2D eigenvalue weighted by Crippen LogP contribution is -2.17. The highest BCUT2D eigenvalue weighted by atomic mass is 32.2. The molecule has 1 aliphatic heterocycles. The van der Waals surface area contributed by atoms with E-state index in [9.17, 15) is 9.90 Å². The molecule has 0 spiro atoms. The van der Waals surface area contributed by atoms with Crippen LogP contribution in [-0.2, 0) is 4.79 Å². The molecule has 0 saturated heterocycles. The number of thioether (sulfide) groups is 1. The molecule has 3 heteroatoms. The first-order chi connectivity index (χ1) is 8.03. The van der Waals surface area contributed by atoms with Gasteiger partial charge in [0.15, 0.2) is 0 Å². The number of hydrogen-bond acceptors (Lipinski definition) is 3. The van der Waals surface area contributed by atoms with Gasteiger partial charge in [-0.2, -0.15) is 0 Å². The van der Waals surface area contributed by atoms with Crippen LogP contribution in [0.3, 0.4) is 0 Å². The van der Waals surface area contributed by atoms with Crippen LogP contribution in [0.2, 0.25) is 0 Å². The number of allylic oxidation sites excluding steroid dienone is 3. The normalized spacial score (nSPS) is 32.4. The second-order valence-corrected chi connectivity index (χ2v) is 6.26. The Balaban J connectivity index is 2.29. The molecule has 0 aromatic heterocycles. The van der Waals surface area contributed by atoms with E-state index in [1.54, 1.807) is 6.92 Å². The maximum absolute atomic E-state index is 11.6. The standard InChI is InChI=1S/C14H18O2S/c1-10-12(15)14(2,17-13(10)16)9-11-7-5-3-4-6-8-11/h5,7,9,15H,3-4,6,8H2,1-2H3/b11-9-/t14-/m0/s1. The van der Waals surface area contributed by atoms with E-state index in [0.29, 0.717) is 5.57 Å². The molecule has 0 aromatic rings. The van der Waals surface area contributed by atoms with Gasteiger partial charge in [-0.1, -0.05) is 35.6 Å². The summed E-state index contributed by atoms with van der Waals surface area (Å²) in [4.78, 5) is 11.6. The first kappa shape index (κ1) is 12.5. The highest BCUT2D eigenvalue weighted by Crippen LogP contribution is 2.44. The van der Waals surface area contributed by atoms with E-state index in [-0.39, 0.29) is 10.9 Å². The predicted octanol–water partition coefficient (Wildman–Crippen LogP) is 3.91. The molecule has 2 nitrogen and oxygen atoms in total. The summed E-state index contributed by atoms with van der Waals surface area (Å²) in [6, 6.07) is 0. The number of aliphatic hydroxyl groups is 1. The first-order valence-electron chi connectivity index (χ1n) is 6.05. The van der Waals surface area contributed by atoms with Crippen LogP contribution in [0.4, 0.5) is 0 Å². The highest BCUT2D eigenvalue weighted by Gasteiger charge is 2.40. The van der Waals surface area contributed by atoms with E-state index in [1.165, 1.54) is 30.2 Å². The van der Waals surface area contributed by atoms with E-state index in [2.05, 4.69) is 12.2 Å². The van der Waals surface area contributed by atoms with Crippen molar-refractivity contribution < 1.29 is 9.90 Å². The van der Waals surface area contributed by atoms with Gasteiger partial charge >= 0.3 is 0 Å². The van der Waals surface area contributed by atoms with Gasteiger partial charge in [0.2, 0.25) is 5.12 Å². The quantitative estimate of drug-likeness (QED) is 0.766. The van der Waals surface area contributed by atoms with Gasteiger partial charge in [-0.3, -0.25) is 4.79 Å². The lowest BCUT2D eigenvalue weighted by Gasteiger charge is -2.19. The summed E-state index contributed by atoms with van der Waals surface area (Å²) in [5.41, 5.74) is 1.72. The number of hydrogen-bond donors (Lipinski definition) is 1. The van der Waals surface area contributed by atoms with E-state index >= 15 is 0 Å². The molecule has 1 heterocycles. The Kier molecular flexibility index (Phi) is 3.48. The molecule has 0 radical (unpaired) electrons. The molecular formula is C14H18O2S. The smallest absolute Gasteiger partial charge is 0.219 e. The molecule has 92 valence electrons. The van der Waals surface area contributed by atoms with Gasteiger partial charge in [0.05, 0.1) is 4.75 Å². The number of carbonyl (C=O) groups is 1. The van der Waals surface area contributed by atoms with Gasteiger partial charge in [0.1, 0.15) is 5.76 Å². The molecule has 0 saturated carbocycles. The number of aliphatic hydroxyl groups excluding tert-OH is 1. The second-order valence-electron chi connectivity index (χ2n) is 4.84. The molecule has 2 aliphatic rings. The summed E-state index contributed by atoms with van der Waals surface area (Å²) in [6.45, 7) is 3.60. The minimum Gasteiger partial charge on any atom is -0.510 e. The average molecular weight is 250 g/mol. The summed E-state index contributed by atoms with van der Waals surface area (Å²) in [7, 11) is 0. The van der Waals surface area contributed by atoms with Crippen molar-refractivity contribution in [2.45, 2.75) is 44.3 Å². The summed E-state index contributed by atoms with van der Waals surface area (Å²) in [5.74, 6) is 0.220. The van der Waals surface area contributed by atoms with Crippen molar-refractivity contribution >= 4 is 16.9 Å². The Morgan fingerprint density at radius 1 is 1.47 bits per heavy atom. The van der Waals surface area contributed by atoms with Crippen LogP contribution < -0.4 is 0 Å². The Morgan fingerprint density at radius 3 is 2.88 bits per heavy atom. The molecule has 1 N–H and O–H groups in total. The third-order valence-corrected chi connectivity index (χ3v) is 4.54. The lowest BCUT2D eigenvalue weighted by molar-refractivity contribution is -0.107. The average Bonchev–Trinajstić information content (AvgIpc) is 2.53. The summed E-state index contributed by atoms with van der Waals surface area (Å²) >= 11 is 1.21. The first-order valence-corrected chi connectivity index (χ1v) is 6.86. The molecule has 0 bridgehead atoms. The lowest BCUT2D eigenvalue weighted by atomic mass is 9.99. The second kappa shape index (κ2) is 4.73. The SMILES string of the molecule is CC1=C(O)[C@](C)(/C=C2/C=CCCCC2)SC1=O. The van der Waals surface area contributed by atoms with Crippen LogP contribution >= 0.6 is 11.8 Å². The van der Waals surface area contributed by atoms with Crippen molar-refractivity contribution in [1.82, 2.24) is 0 Å². The largest absolute Gasteiger partial charge is 0.510 e. The Morgan fingerprint density at radius 2 is 2.24 bits per heavy atom. The van der Waals surface area contributed by atoms with E-state index in [4.69, 9.17) is 0 Å². The van der Waals surface area contributed by atoms with Crippen molar-refractivity contribution in [1.29, 1.82) is 0 Å². The van der Waals surface area contributed by atoms with Gasteiger partial charge in [0, 0.05) is 5.57 Å². The van der Waals surface area contributed by atoms with E-state index in [0.717, 1.165) is 12.8 Å². The van der Waals surface area contributed by atoms with E-state index < -0.39 is 4.75 Å². The molecular weight excluding hydrogens is 232 g/mol. The van der Waals surface area contributed by atoms with Crippen molar-refractivity contribution in [2.24, 2.45) is 0 Å². The summed E-state index contributed by atoms with van der Waals surface area (Å²) in [5, 5.41) is 10.0. The summed E-state index contributed by atoms with van der Waals surface area (Å²) in [6.07, 6.45) is 10.9. The van der Waals surface area contributed by atoms with Gasteiger partial charge in [0.25, 0.3) is 0 Å². The Hall–Kier alpha value is -0.960. The summed E-state index contributed by atoms with van der Waals surface area (Å²) < 4.78 is -0.564. The minimum atomic E-state index is -0.564. The van der Waals surface area contributed by atoms with Crippen molar-refractivity contribution in [3.63, 3.8) is 0 Å². The molecule has 0 fully saturated rings. The van der Waals surface area contributed by atoms with Crippen LogP contribution in [0.25, 0.3) is 0 Å². The maximum Gasteiger partial charge on any atom is 0.219 e. The predicted molar refractivity (Wildman–Crippen MR) is 72.0 cm³/mol. The van der Waals surface area contributed by atoms with Crippen LogP contribution in [0, 0.1) is 0 Å². The fraction of sp³-hybridized carbons (Fsp3) is 0.500. The molecule has 17 heavy (non-hydrogen) atoms. The number of rotatable bonds is 1. The zero-order chi connectivity index (χ0) is 12.5. The Bertz CT molecular complexity index is 432. The third kappa shape index (κ3) is 2.49. The molecule has 1 aliphatic carbocycles. The van der Waals surface area contributed by atoms with Gasteiger partial charge in [-0.25, -0.2) is 0 Å². The van der Waals surface area contributed by atoms with Crippen molar-refractivity contribution in [3.05, 3.63) is 35.1 Å². The molecule has 1 atom stereocenters. The van der Waals surface area contributed by atoms with Crippen LogP contribution in [-0.4, -0.2) is 15.0 Å². The van der Waals surface area contributed by atoms with Crippen LogP contribution in [0.5, 0.6) is 0 Å². The number of carbonyl (C=O) groups excluding carboxylic acids is 1. The molecule has 0 unspecified atom stereocenters. The monoisotopic (exact) mass is 250 g/mol. The van der Waals surface area contributed by atoms with E-state index in [1.807, 2.05) is 13.0 Å². The molecule has 0 aromatic carbocycles. The van der Waals surface area contributed by atoms with Crippen molar-refractivity contribution in [3.8, 4) is 0 Å². The van der Waals surface area contributed by atoms with Gasteiger partial charge in [-0.15, -0.1) is 0 Å². The minimum absolute atomic E-state index is 0.0144. The highest BCUT2D eigenvalue weighted by molar-refractivity contribution is 8.16. The maximum atomic E-state index is 11.6. The van der Waals surface area contributed by atoms with Crippen molar-refractivity contribution in [2.75, 3.05) is 0 Å². The fourth-order valence-corrected chi connectivity index (χ4v) is 3.36. The molecule has 0 amide bonds. The zero-order valence-corrected chi connectivity index (χ0v) is 11.1. The Labute approximate surface area is 106 Å².